The molecule has 2 aromatic carbocycles. The molecule has 0 fully saturated rings. The Kier molecular flexibility index (Phi) is 5.30. The second kappa shape index (κ2) is 8.13. The van der Waals surface area contributed by atoms with Crippen LogP contribution in [0.2, 0.25) is 0 Å². The summed E-state index contributed by atoms with van der Waals surface area (Å²) in [4.78, 5) is 37.6. The zero-order chi connectivity index (χ0) is 25.9. The predicted octanol–water partition coefficient (Wildman–Crippen LogP) is 2.92. The number of aromatic nitrogens is 3. The Morgan fingerprint density at radius 1 is 1.11 bits per heavy atom. The van der Waals surface area contributed by atoms with Gasteiger partial charge < -0.3 is 9.84 Å². The fraction of sp³-hybridized carbons (Fsp3) is 0.0455. The topological polar surface area (TPSA) is 140 Å². The van der Waals surface area contributed by atoms with Crippen LogP contribution in [0.15, 0.2) is 62.5 Å². The number of fused-ring (bicyclic) bond motifs is 2. The van der Waals surface area contributed by atoms with Gasteiger partial charge in [0.25, 0.3) is 15.6 Å². The van der Waals surface area contributed by atoms with Crippen LogP contribution < -0.4 is 16.0 Å². The third-order valence-electron chi connectivity index (χ3n) is 5.48. The molecule has 0 aliphatic carbocycles. The lowest BCUT2D eigenvalue weighted by Crippen LogP contribution is -2.30. The lowest BCUT2D eigenvalue weighted by molar-refractivity contribution is 0.0704. The molecule has 0 unspecified atom stereocenters. The SMILES string of the molecule is COc1cc(F)c(-n2c(=O)[nH]c(=O)c3c(C(=O)O)scc32)cc1S(=O)(=O)n1ccc2cc(F)ccc21. The van der Waals surface area contributed by atoms with Gasteiger partial charge in [-0.3, -0.25) is 14.3 Å². The van der Waals surface area contributed by atoms with Gasteiger partial charge >= 0.3 is 11.7 Å². The molecule has 0 spiro atoms. The number of thiophene rings is 1. The van der Waals surface area contributed by atoms with E-state index in [-0.39, 0.29) is 32.4 Å². The van der Waals surface area contributed by atoms with Gasteiger partial charge in [0.2, 0.25) is 0 Å². The van der Waals surface area contributed by atoms with Crippen LogP contribution in [-0.2, 0) is 10.0 Å². The first-order chi connectivity index (χ1) is 17.0. The number of rotatable bonds is 5. The number of halogens is 2. The first-order valence-corrected chi connectivity index (χ1v) is 12.3. The average molecular weight is 533 g/mol. The number of methoxy groups -OCH3 is 1. The van der Waals surface area contributed by atoms with Crippen molar-refractivity contribution in [2.24, 2.45) is 0 Å². The van der Waals surface area contributed by atoms with Crippen LogP contribution in [-0.4, -0.2) is 40.1 Å². The van der Waals surface area contributed by atoms with Crippen molar-refractivity contribution in [2.75, 3.05) is 7.11 Å². The average Bonchev–Trinajstić information content (AvgIpc) is 3.44. The summed E-state index contributed by atoms with van der Waals surface area (Å²) in [5.41, 5.74) is -2.76. The lowest BCUT2D eigenvalue weighted by Gasteiger charge is -2.15. The molecule has 0 amide bonds. The first kappa shape index (κ1) is 23.4. The largest absolute Gasteiger partial charge is 0.495 e. The molecular formula is C22H13F2N3O7S2. The molecule has 0 radical (unpaired) electrons. The van der Waals surface area contributed by atoms with E-state index in [1.165, 1.54) is 23.7 Å². The third kappa shape index (κ3) is 3.41. The smallest absolute Gasteiger partial charge is 0.346 e. The maximum Gasteiger partial charge on any atom is 0.346 e. The molecule has 0 saturated heterocycles. The highest BCUT2D eigenvalue weighted by Gasteiger charge is 2.28. The Labute approximate surface area is 203 Å². The number of H-pyrrole nitrogens is 1. The second-order valence-electron chi connectivity index (χ2n) is 7.50. The van der Waals surface area contributed by atoms with Crippen LogP contribution >= 0.6 is 11.3 Å². The minimum absolute atomic E-state index is 0.136. The summed E-state index contributed by atoms with van der Waals surface area (Å²) >= 11 is 0.647. The Hall–Kier alpha value is -4.30. The number of carboxylic acids is 1. The summed E-state index contributed by atoms with van der Waals surface area (Å²) in [6, 6.07) is 6.45. The molecule has 10 nitrogen and oxygen atoms in total. The molecule has 14 heteroatoms. The van der Waals surface area contributed by atoms with Crippen molar-refractivity contribution >= 4 is 49.1 Å². The summed E-state index contributed by atoms with van der Waals surface area (Å²) < 4.78 is 62.7. The monoisotopic (exact) mass is 533 g/mol. The summed E-state index contributed by atoms with van der Waals surface area (Å²) in [6.45, 7) is 0. The lowest BCUT2D eigenvalue weighted by atomic mass is 10.2. The molecule has 5 aromatic rings. The van der Waals surface area contributed by atoms with Gasteiger partial charge in [0, 0.05) is 23.0 Å². The number of hydrogen-bond donors (Lipinski definition) is 2. The molecular weight excluding hydrogens is 520 g/mol. The zero-order valence-corrected chi connectivity index (χ0v) is 19.6. The number of hydrogen-bond acceptors (Lipinski definition) is 7. The first-order valence-electron chi connectivity index (χ1n) is 9.94. The zero-order valence-electron chi connectivity index (χ0n) is 18.0. The van der Waals surface area contributed by atoms with Crippen molar-refractivity contribution < 1.29 is 31.8 Å². The van der Waals surface area contributed by atoms with E-state index in [1.54, 1.807) is 0 Å². The van der Waals surface area contributed by atoms with E-state index < -0.39 is 49.5 Å². The molecule has 36 heavy (non-hydrogen) atoms. The van der Waals surface area contributed by atoms with Crippen LogP contribution in [0.25, 0.3) is 27.5 Å². The summed E-state index contributed by atoms with van der Waals surface area (Å²) in [7, 11) is -3.36. The number of ether oxygens (including phenoxy) is 1. The van der Waals surface area contributed by atoms with Crippen LogP contribution in [0.3, 0.4) is 0 Å². The van der Waals surface area contributed by atoms with Gasteiger partial charge in [-0.15, -0.1) is 11.3 Å². The van der Waals surface area contributed by atoms with Crippen LogP contribution in [0.1, 0.15) is 9.67 Å². The molecule has 3 heterocycles. The van der Waals surface area contributed by atoms with Gasteiger partial charge in [0.15, 0.2) is 5.82 Å². The minimum Gasteiger partial charge on any atom is -0.495 e. The van der Waals surface area contributed by atoms with Gasteiger partial charge in [-0.05, 0) is 30.3 Å². The second-order valence-corrected chi connectivity index (χ2v) is 10.2. The highest BCUT2D eigenvalue weighted by atomic mass is 32.2. The van der Waals surface area contributed by atoms with E-state index in [0.29, 0.717) is 15.9 Å². The van der Waals surface area contributed by atoms with Crippen LogP contribution in [0, 0.1) is 11.6 Å². The number of carbonyl (C=O) groups is 1. The Bertz CT molecular complexity index is 1950. The Morgan fingerprint density at radius 3 is 2.56 bits per heavy atom. The molecule has 5 rings (SSSR count). The van der Waals surface area contributed by atoms with Crippen molar-refractivity contribution in [2.45, 2.75) is 4.90 Å². The quantitative estimate of drug-likeness (QED) is 0.354. The van der Waals surface area contributed by atoms with Crippen molar-refractivity contribution in [3.05, 3.63) is 85.3 Å². The van der Waals surface area contributed by atoms with Crippen molar-refractivity contribution in [3.8, 4) is 11.4 Å². The maximum absolute atomic E-state index is 15.2. The predicted molar refractivity (Wildman–Crippen MR) is 126 cm³/mol. The van der Waals surface area contributed by atoms with Crippen LogP contribution in [0.5, 0.6) is 5.75 Å². The highest BCUT2D eigenvalue weighted by molar-refractivity contribution is 7.90. The van der Waals surface area contributed by atoms with E-state index in [0.717, 1.165) is 35.3 Å². The number of nitrogens with one attached hydrogen (secondary N) is 1. The Balaban J connectivity index is 1.82. The van der Waals surface area contributed by atoms with Gasteiger partial charge in [-0.1, -0.05) is 0 Å². The van der Waals surface area contributed by atoms with Crippen molar-refractivity contribution in [3.63, 3.8) is 0 Å². The molecule has 2 N–H and O–H groups in total. The molecule has 0 saturated carbocycles. The van der Waals surface area contributed by atoms with Gasteiger partial charge in [-0.2, -0.15) is 0 Å². The third-order valence-corrected chi connectivity index (χ3v) is 8.15. The van der Waals surface area contributed by atoms with E-state index in [9.17, 15) is 32.3 Å². The molecule has 0 bridgehead atoms. The number of benzene rings is 2. The summed E-state index contributed by atoms with van der Waals surface area (Å²) in [6.07, 6.45) is 1.18. The molecule has 0 aliphatic rings. The van der Waals surface area contributed by atoms with Gasteiger partial charge in [-0.25, -0.2) is 30.8 Å². The van der Waals surface area contributed by atoms with Crippen LogP contribution in [0.4, 0.5) is 8.78 Å². The molecule has 3 aromatic heterocycles. The van der Waals surface area contributed by atoms with Crippen molar-refractivity contribution in [1.82, 2.24) is 13.5 Å². The number of aromatic carboxylic acids is 1. The van der Waals surface area contributed by atoms with Gasteiger partial charge in [0.05, 0.1) is 29.2 Å². The van der Waals surface area contributed by atoms with Gasteiger partial charge in [0.1, 0.15) is 21.3 Å². The number of aromatic amines is 1. The fourth-order valence-electron chi connectivity index (χ4n) is 3.91. The van der Waals surface area contributed by atoms with E-state index >= 15 is 4.39 Å². The number of carboxylic acid groups (broad SMARTS) is 1. The highest BCUT2D eigenvalue weighted by Crippen LogP contribution is 2.33. The van der Waals surface area contributed by atoms with E-state index in [1.807, 2.05) is 4.98 Å². The molecule has 0 aliphatic heterocycles. The van der Waals surface area contributed by atoms with E-state index in [2.05, 4.69) is 0 Å². The maximum atomic E-state index is 15.2. The standard InChI is InChI=1S/C22H13F2N3O7S2/c1-34-16-7-12(24)14(27-15-9-35-19(21(29)30)18(15)20(28)25-22(27)31)8-17(16)36(32,33)26-5-4-10-6-11(23)2-3-13(10)26/h2-9H,1H3,(H,29,30)(H,25,28,31). The summed E-state index contributed by atoms with van der Waals surface area (Å²) in [5.74, 6) is -3.47. The number of nitrogens with zero attached hydrogens (tertiary/aromatic N) is 2. The Morgan fingerprint density at radius 2 is 1.86 bits per heavy atom. The molecule has 184 valence electrons. The minimum atomic E-state index is -4.48. The fourth-order valence-corrected chi connectivity index (χ4v) is 6.30. The normalized spacial score (nSPS) is 11.9. The van der Waals surface area contributed by atoms with E-state index in [4.69, 9.17) is 4.74 Å². The summed E-state index contributed by atoms with van der Waals surface area (Å²) in [5, 5.41) is 10.5. The molecule has 0 atom stereocenters. The van der Waals surface area contributed by atoms with Crippen molar-refractivity contribution in [1.29, 1.82) is 0 Å².